The van der Waals surface area contributed by atoms with Crippen molar-refractivity contribution in [2.45, 2.75) is 26.7 Å². The lowest BCUT2D eigenvalue weighted by atomic mass is 10.2. The number of para-hydroxylation sites is 1. The summed E-state index contributed by atoms with van der Waals surface area (Å²) in [6, 6.07) is 15.5. The first-order valence-corrected chi connectivity index (χ1v) is 10.6. The Morgan fingerprint density at radius 2 is 1.94 bits per heavy atom. The Morgan fingerprint density at radius 3 is 2.65 bits per heavy atom. The van der Waals surface area contributed by atoms with Crippen molar-refractivity contribution in [3.8, 4) is 5.75 Å². The maximum absolute atomic E-state index is 13.0. The summed E-state index contributed by atoms with van der Waals surface area (Å²) in [5, 5.41) is 5.30. The van der Waals surface area contributed by atoms with E-state index >= 15 is 0 Å². The molecule has 0 N–H and O–H groups in total. The second kappa shape index (κ2) is 8.87. The normalized spacial score (nSPS) is 11.5. The van der Waals surface area contributed by atoms with E-state index in [1.54, 1.807) is 15.3 Å². The van der Waals surface area contributed by atoms with Crippen molar-refractivity contribution >= 4 is 28.9 Å². The third-order valence-electron chi connectivity index (χ3n) is 5.06. The summed E-state index contributed by atoms with van der Waals surface area (Å²) in [6.45, 7) is 7.98. The van der Waals surface area contributed by atoms with Crippen LogP contribution in [0, 0.1) is 4.77 Å². The van der Waals surface area contributed by atoms with Crippen LogP contribution >= 0.6 is 12.2 Å². The second-order valence-corrected chi connectivity index (χ2v) is 7.74. The van der Waals surface area contributed by atoms with Gasteiger partial charge in [-0.1, -0.05) is 30.3 Å². The smallest absolute Gasteiger partial charge is 0.263 e. The predicted octanol–water partition coefficient (Wildman–Crippen LogP) is 3.85. The van der Waals surface area contributed by atoms with Crippen molar-refractivity contribution in [3.05, 3.63) is 81.9 Å². The van der Waals surface area contributed by atoms with Crippen LogP contribution in [-0.2, 0) is 19.8 Å². The molecule has 4 aromatic rings. The molecule has 2 heterocycles. The van der Waals surface area contributed by atoms with Gasteiger partial charge in [-0.2, -0.15) is 0 Å². The molecule has 160 valence electrons. The van der Waals surface area contributed by atoms with Crippen LogP contribution in [0.3, 0.4) is 0 Å². The molecule has 0 fully saturated rings. The summed E-state index contributed by atoms with van der Waals surface area (Å²) in [5.74, 6) is 1.38. The molecule has 0 aliphatic heterocycles. The number of hydrogen-bond acceptors (Lipinski definition) is 5. The van der Waals surface area contributed by atoms with Crippen molar-refractivity contribution in [2.24, 2.45) is 0 Å². The van der Waals surface area contributed by atoms with Gasteiger partial charge in [0.05, 0.1) is 24.2 Å². The fourth-order valence-corrected chi connectivity index (χ4v) is 3.98. The van der Waals surface area contributed by atoms with Gasteiger partial charge in [0.1, 0.15) is 5.75 Å². The summed E-state index contributed by atoms with van der Waals surface area (Å²) >= 11 is 5.75. The Labute approximate surface area is 185 Å². The molecule has 4 rings (SSSR count). The van der Waals surface area contributed by atoms with Gasteiger partial charge in [-0.15, -0.1) is 11.7 Å². The van der Waals surface area contributed by atoms with Crippen molar-refractivity contribution in [2.75, 3.05) is 13.7 Å². The lowest BCUT2D eigenvalue weighted by Gasteiger charge is -2.16. The summed E-state index contributed by atoms with van der Waals surface area (Å²) < 4.78 is 11.3. The summed E-state index contributed by atoms with van der Waals surface area (Å²) in [5.41, 5.74) is 1.82. The maximum Gasteiger partial charge on any atom is 0.263 e. The van der Waals surface area contributed by atoms with Crippen molar-refractivity contribution in [1.82, 2.24) is 23.6 Å². The molecule has 0 saturated heterocycles. The molecule has 0 aliphatic rings. The molecule has 0 aliphatic carbocycles. The third kappa shape index (κ3) is 4.04. The van der Waals surface area contributed by atoms with E-state index < -0.39 is 0 Å². The van der Waals surface area contributed by atoms with Gasteiger partial charge in [0.15, 0.2) is 0 Å². The minimum absolute atomic E-state index is 0.0992. The van der Waals surface area contributed by atoms with Crippen LogP contribution in [0.2, 0.25) is 0 Å². The minimum Gasteiger partial charge on any atom is -0.494 e. The summed E-state index contributed by atoms with van der Waals surface area (Å²) in [4.78, 5) is 15.1. The van der Waals surface area contributed by atoms with Gasteiger partial charge in [-0.05, 0) is 56.0 Å². The summed E-state index contributed by atoms with van der Waals surface area (Å²) in [7, 11) is 2.01. The average molecular weight is 436 g/mol. The lowest BCUT2D eigenvalue weighted by Crippen LogP contribution is -2.23. The number of rotatable bonds is 8. The maximum atomic E-state index is 13.0. The highest BCUT2D eigenvalue weighted by atomic mass is 32.1. The highest BCUT2D eigenvalue weighted by Crippen LogP contribution is 2.16. The largest absolute Gasteiger partial charge is 0.494 e. The van der Waals surface area contributed by atoms with Crippen LogP contribution in [0.4, 0.5) is 0 Å². The fraction of sp³-hybridized carbons (Fsp3) is 0.261. The average Bonchev–Trinajstić information content (AvgIpc) is 3.08. The SMILES string of the molecule is C=CCn1c(=O)c2ccccc2n2c(=S)n(CN(C)Cc3ccc(OCC)cc3)nc12. The Bertz CT molecular complexity index is 1350. The highest BCUT2D eigenvalue weighted by Gasteiger charge is 2.15. The van der Waals surface area contributed by atoms with Crippen LogP contribution < -0.4 is 10.3 Å². The molecule has 0 bridgehead atoms. The number of aromatic nitrogens is 4. The zero-order chi connectivity index (χ0) is 22.0. The van der Waals surface area contributed by atoms with E-state index in [0.717, 1.165) is 23.4 Å². The molecule has 0 amide bonds. The third-order valence-corrected chi connectivity index (χ3v) is 5.45. The molecule has 0 atom stereocenters. The zero-order valence-electron chi connectivity index (χ0n) is 17.7. The molecule has 8 heteroatoms. The molecule has 0 unspecified atom stereocenters. The number of allylic oxidation sites excluding steroid dienone is 1. The van der Waals surface area contributed by atoms with E-state index in [4.69, 9.17) is 22.1 Å². The second-order valence-electron chi connectivity index (χ2n) is 7.37. The predicted molar refractivity (Wildman–Crippen MR) is 125 cm³/mol. The van der Waals surface area contributed by atoms with Gasteiger partial charge in [-0.3, -0.25) is 18.7 Å². The first-order valence-electron chi connectivity index (χ1n) is 10.2. The van der Waals surface area contributed by atoms with Crippen LogP contribution in [0.15, 0.2) is 66.0 Å². The summed E-state index contributed by atoms with van der Waals surface area (Å²) in [6.07, 6.45) is 1.69. The van der Waals surface area contributed by atoms with E-state index in [9.17, 15) is 4.79 Å². The quantitative estimate of drug-likeness (QED) is 0.311. The Balaban J connectivity index is 1.70. The Kier molecular flexibility index (Phi) is 6.01. The molecule has 2 aromatic heterocycles. The molecular weight excluding hydrogens is 410 g/mol. The molecule has 0 radical (unpaired) electrons. The van der Waals surface area contributed by atoms with Crippen LogP contribution in [0.1, 0.15) is 12.5 Å². The molecule has 0 spiro atoms. The first kappa shape index (κ1) is 21.0. The standard InChI is InChI=1S/C23H25N5O2S/c1-4-14-26-21(29)19-8-6-7-9-20(19)28-22(26)24-27(23(28)31)16-25(3)15-17-10-12-18(13-11-17)30-5-2/h4,6-13H,1,5,14-16H2,2-3H3. The van der Waals surface area contributed by atoms with Crippen molar-refractivity contribution < 1.29 is 4.74 Å². The van der Waals surface area contributed by atoms with Gasteiger partial charge in [0.2, 0.25) is 10.5 Å². The number of benzene rings is 2. The van der Waals surface area contributed by atoms with Gasteiger partial charge in [0, 0.05) is 13.1 Å². The molecule has 0 saturated carbocycles. The van der Waals surface area contributed by atoms with Crippen molar-refractivity contribution in [1.29, 1.82) is 0 Å². The number of ether oxygens (including phenoxy) is 1. The minimum atomic E-state index is -0.0992. The Morgan fingerprint density at radius 1 is 1.19 bits per heavy atom. The van der Waals surface area contributed by atoms with E-state index in [0.29, 0.717) is 35.8 Å². The van der Waals surface area contributed by atoms with Gasteiger partial charge in [0.25, 0.3) is 5.56 Å². The van der Waals surface area contributed by atoms with E-state index in [1.807, 2.05) is 54.8 Å². The number of hydrogen-bond donors (Lipinski definition) is 0. The van der Waals surface area contributed by atoms with E-state index in [2.05, 4.69) is 23.6 Å². The number of fused-ring (bicyclic) bond motifs is 3. The zero-order valence-corrected chi connectivity index (χ0v) is 18.5. The number of nitrogens with zero attached hydrogens (tertiary/aromatic N) is 5. The monoisotopic (exact) mass is 435 g/mol. The van der Waals surface area contributed by atoms with Crippen LogP contribution in [0.5, 0.6) is 5.75 Å². The van der Waals surface area contributed by atoms with Gasteiger partial charge < -0.3 is 4.74 Å². The molecule has 2 aromatic carbocycles. The van der Waals surface area contributed by atoms with Gasteiger partial charge >= 0.3 is 0 Å². The molecular formula is C23H25N5O2S. The molecule has 7 nitrogen and oxygen atoms in total. The van der Waals surface area contributed by atoms with Gasteiger partial charge in [-0.25, -0.2) is 4.68 Å². The van der Waals surface area contributed by atoms with E-state index in [-0.39, 0.29) is 5.56 Å². The first-order chi connectivity index (χ1) is 15.0. The van der Waals surface area contributed by atoms with E-state index in [1.165, 1.54) is 0 Å². The topological polar surface area (TPSA) is 56.7 Å². The molecule has 31 heavy (non-hydrogen) atoms. The highest BCUT2D eigenvalue weighted by molar-refractivity contribution is 7.71. The lowest BCUT2D eigenvalue weighted by molar-refractivity contribution is 0.244. The fourth-order valence-electron chi connectivity index (χ4n) is 3.70. The van der Waals surface area contributed by atoms with Crippen LogP contribution in [0.25, 0.3) is 16.7 Å². The Hall–Kier alpha value is -3.23. The van der Waals surface area contributed by atoms with Crippen molar-refractivity contribution in [3.63, 3.8) is 0 Å². The van der Waals surface area contributed by atoms with Crippen LogP contribution in [-0.4, -0.2) is 37.3 Å².